The van der Waals surface area contributed by atoms with Gasteiger partial charge in [0.05, 0.1) is 10.2 Å². The first kappa shape index (κ1) is 13.7. The van der Waals surface area contributed by atoms with Crippen LogP contribution in [0.3, 0.4) is 0 Å². The lowest BCUT2D eigenvalue weighted by atomic mass is 10.3. The molecule has 0 aliphatic carbocycles. The lowest BCUT2D eigenvalue weighted by Crippen LogP contribution is -2.11. The number of esters is 1. The molecule has 2 aromatic rings. The van der Waals surface area contributed by atoms with Gasteiger partial charge >= 0.3 is 5.97 Å². The van der Waals surface area contributed by atoms with Crippen molar-refractivity contribution < 1.29 is 17.9 Å². The number of allylic oxidation sites excluding steroid dienone is 1. The fourth-order valence-electron chi connectivity index (χ4n) is 1.36. The molecule has 0 aliphatic rings. The molecule has 0 radical (unpaired) electrons. The third-order valence-electron chi connectivity index (χ3n) is 2.10. The Labute approximate surface area is 113 Å². The van der Waals surface area contributed by atoms with E-state index in [1.807, 2.05) is 0 Å². The molecule has 0 saturated carbocycles. The number of hydrogen-bond donors (Lipinski definition) is 1. The van der Waals surface area contributed by atoms with Crippen LogP contribution >= 0.6 is 11.3 Å². The van der Waals surface area contributed by atoms with Crippen LogP contribution in [0.4, 0.5) is 0 Å². The number of ether oxygens (including phenoxy) is 1. The first-order valence-corrected chi connectivity index (χ1v) is 7.54. The van der Waals surface area contributed by atoms with Gasteiger partial charge in [-0.3, -0.25) is 0 Å². The first-order chi connectivity index (χ1) is 8.90. The minimum absolute atomic E-state index is 0.167. The zero-order chi connectivity index (χ0) is 14.0. The van der Waals surface area contributed by atoms with Crippen LogP contribution in [-0.4, -0.2) is 19.4 Å². The van der Waals surface area contributed by atoms with Gasteiger partial charge in [0.1, 0.15) is 5.75 Å². The highest BCUT2D eigenvalue weighted by Crippen LogP contribution is 2.28. The molecule has 0 fully saturated rings. The van der Waals surface area contributed by atoms with Crippen molar-refractivity contribution in [3.8, 4) is 5.75 Å². The quantitative estimate of drug-likeness (QED) is 0.525. The lowest BCUT2D eigenvalue weighted by molar-refractivity contribution is -0.128. The van der Waals surface area contributed by atoms with E-state index in [0.717, 1.165) is 11.3 Å². The maximum absolute atomic E-state index is 11.3. The van der Waals surface area contributed by atoms with Gasteiger partial charge in [-0.1, -0.05) is 6.08 Å². The highest BCUT2D eigenvalue weighted by molar-refractivity contribution is 7.91. The Hall–Kier alpha value is -1.77. The van der Waals surface area contributed by atoms with Crippen molar-refractivity contribution >= 4 is 37.5 Å². The molecule has 1 aromatic carbocycles. The maximum Gasteiger partial charge on any atom is 0.335 e. The van der Waals surface area contributed by atoms with Crippen LogP contribution in [0.5, 0.6) is 5.75 Å². The summed E-state index contributed by atoms with van der Waals surface area (Å²) in [6.45, 7) is 1.70. The number of rotatable bonds is 3. The van der Waals surface area contributed by atoms with Crippen molar-refractivity contribution in [3.05, 3.63) is 30.4 Å². The molecule has 1 aromatic heterocycles. The van der Waals surface area contributed by atoms with Crippen LogP contribution < -0.4 is 9.88 Å². The molecule has 8 heteroatoms. The van der Waals surface area contributed by atoms with Crippen LogP contribution in [0.25, 0.3) is 10.2 Å². The number of nitrogens with zero attached hydrogens (tertiary/aromatic N) is 1. The fraction of sp³-hybridized carbons (Fsp3) is 0.0909. The number of hydrogen-bond acceptors (Lipinski definition) is 6. The summed E-state index contributed by atoms with van der Waals surface area (Å²) < 4.78 is 27.8. The third-order valence-corrected chi connectivity index (χ3v) is 4.44. The Balaban J connectivity index is 2.38. The van der Waals surface area contributed by atoms with E-state index in [2.05, 4.69) is 4.98 Å². The Morgan fingerprint density at radius 1 is 1.47 bits per heavy atom. The second kappa shape index (κ2) is 5.08. The summed E-state index contributed by atoms with van der Waals surface area (Å²) in [5, 5.41) is 5.00. The molecule has 19 heavy (non-hydrogen) atoms. The number of carbonyl (C=O) groups is 1. The van der Waals surface area contributed by atoms with Crippen molar-refractivity contribution in [2.45, 2.75) is 11.3 Å². The molecule has 0 unspecified atom stereocenters. The summed E-state index contributed by atoms with van der Waals surface area (Å²) in [5.41, 5.74) is 0.486. The molecular weight excluding hydrogens is 288 g/mol. The van der Waals surface area contributed by atoms with Gasteiger partial charge < -0.3 is 4.74 Å². The molecule has 0 amide bonds. The smallest absolute Gasteiger partial charge is 0.335 e. The van der Waals surface area contributed by atoms with Crippen molar-refractivity contribution in [1.29, 1.82) is 0 Å². The SMILES string of the molecule is C/C=C/C(=O)Oc1ccc2nc(S(N)(=O)=O)sc2c1. The van der Waals surface area contributed by atoms with Gasteiger partial charge in [-0.05, 0) is 19.1 Å². The van der Waals surface area contributed by atoms with E-state index in [0.29, 0.717) is 16.0 Å². The average Bonchev–Trinajstić information content (AvgIpc) is 2.71. The molecule has 0 spiro atoms. The minimum atomic E-state index is -3.82. The number of nitrogens with two attached hydrogens (primary N) is 1. The Kier molecular flexibility index (Phi) is 3.65. The lowest BCUT2D eigenvalue weighted by Gasteiger charge is -1.99. The van der Waals surface area contributed by atoms with Crippen LogP contribution in [0.2, 0.25) is 0 Å². The van der Waals surface area contributed by atoms with E-state index < -0.39 is 16.0 Å². The van der Waals surface area contributed by atoms with Crippen LogP contribution in [-0.2, 0) is 14.8 Å². The number of carbonyl (C=O) groups excluding carboxylic acids is 1. The van der Waals surface area contributed by atoms with E-state index in [4.69, 9.17) is 9.88 Å². The third kappa shape index (κ3) is 3.16. The molecule has 0 aliphatic heterocycles. The Bertz CT molecular complexity index is 762. The van der Waals surface area contributed by atoms with Gasteiger partial charge in [-0.25, -0.2) is 23.3 Å². The summed E-state index contributed by atoms with van der Waals surface area (Å²) in [6, 6.07) is 4.65. The summed E-state index contributed by atoms with van der Waals surface area (Å²) in [4.78, 5) is 15.2. The highest BCUT2D eigenvalue weighted by atomic mass is 32.2. The Morgan fingerprint density at radius 2 is 2.21 bits per heavy atom. The first-order valence-electron chi connectivity index (χ1n) is 5.18. The minimum Gasteiger partial charge on any atom is -0.423 e. The summed E-state index contributed by atoms with van der Waals surface area (Å²) >= 11 is 0.925. The number of thiazole rings is 1. The van der Waals surface area contributed by atoms with Gasteiger partial charge in [-0.15, -0.1) is 11.3 Å². The molecule has 0 saturated heterocycles. The monoisotopic (exact) mass is 298 g/mol. The van der Waals surface area contributed by atoms with Crippen molar-refractivity contribution in [3.63, 3.8) is 0 Å². The number of fused-ring (bicyclic) bond motifs is 1. The number of aromatic nitrogens is 1. The number of primary sulfonamides is 1. The average molecular weight is 298 g/mol. The molecule has 100 valence electrons. The summed E-state index contributed by atoms with van der Waals surface area (Å²) in [6.07, 6.45) is 2.85. The number of benzene rings is 1. The zero-order valence-corrected chi connectivity index (χ0v) is 11.5. The van der Waals surface area contributed by atoms with E-state index in [1.54, 1.807) is 25.1 Å². The van der Waals surface area contributed by atoms with Gasteiger partial charge in [0.25, 0.3) is 10.0 Å². The van der Waals surface area contributed by atoms with Gasteiger partial charge in [0.2, 0.25) is 4.34 Å². The fourth-order valence-corrected chi connectivity index (χ4v) is 3.04. The van der Waals surface area contributed by atoms with Gasteiger partial charge in [-0.2, -0.15) is 0 Å². The summed E-state index contributed by atoms with van der Waals surface area (Å²) in [7, 11) is -3.82. The molecule has 6 nitrogen and oxygen atoms in total. The number of sulfonamides is 1. The molecule has 0 atom stereocenters. The molecular formula is C11H10N2O4S2. The molecule has 2 N–H and O–H groups in total. The normalized spacial score (nSPS) is 12.1. The Morgan fingerprint density at radius 3 is 2.84 bits per heavy atom. The summed E-state index contributed by atoms with van der Waals surface area (Å²) in [5.74, 6) is -0.182. The van der Waals surface area contributed by atoms with Crippen LogP contribution in [0.15, 0.2) is 34.7 Å². The second-order valence-corrected chi connectivity index (χ2v) is 6.34. The van der Waals surface area contributed by atoms with E-state index in [1.165, 1.54) is 12.1 Å². The highest BCUT2D eigenvalue weighted by Gasteiger charge is 2.15. The van der Waals surface area contributed by atoms with Crippen LogP contribution in [0, 0.1) is 0 Å². The topological polar surface area (TPSA) is 99.3 Å². The van der Waals surface area contributed by atoms with Crippen molar-refractivity contribution in [2.24, 2.45) is 5.14 Å². The maximum atomic E-state index is 11.3. The van der Waals surface area contributed by atoms with E-state index in [9.17, 15) is 13.2 Å². The zero-order valence-electron chi connectivity index (χ0n) is 9.86. The second-order valence-electron chi connectivity index (χ2n) is 3.58. The largest absolute Gasteiger partial charge is 0.423 e. The van der Waals surface area contributed by atoms with Crippen molar-refractivity contribution in [2.75, 3.05) is 0 Å². The van der Waals surface area contributed by atoms with E-state index >= 15 is 0 Å². The standard InChI is InChI=1S/C11H10N2O4S2/c1-2-3-10(14)17-7-4-5-8-9(6-7)18-11(13-8)19(12,15)16/h2-6H,1H3,(H2,12,15,16)/b3-2+. The van der Waals surface area contributed by atoms with E-state index in [-0.39, 0.29) is 4.34 Å². The molecule has 1 heterocycles. The van der Waals surface area contributed by atoms with Gasteiger partial charge in [0.15, 0.2) is 0 Å². The predicted molar refractivity (Wildman–Crippen MR) is 71.4 cm³/mol. The molecule has 2 rings (SSSR count). The predicted octanol–water partition coefficient (Wildman–Crippen LogP) is 1.43. The van der Waals surface area contributed by atoms with Crippen molar-refractivity contribution in [1.82, 2.24) is 4.98 Å². The van der Waals surface area contributed by atoms with Gasteiger partial charge in [0, 0.05) is 12.1 Å². The molecule has 0 bridgehead atoms. The van der Waals surface area contributed by atoms with Crippen LogP contribution in [0.1, 0.15) is 6.92 Å².